The Morgan fingerprint density at radius 3 is 2.67 bits per heavy atom. The molecule has 76 valence electrons. The molecule has 1 N–H and O–H groups in total. The van der Waals surface area contributed by atoms with E-state index >= 15 is 0 Å². The number of hydrogen-bond donors (Lipinski definition) is 1. The molecule has 0 saturated carbocycles. The zero-order valence-electron chi connectivity index (χ0n) is 8.23. The second-order valence-corrected chi connectivity index (χ2v) is 3.44. The Balaban J connectivity index is 2.10. The molecule has 0 aromatic heterocycles. The minimum atomic E-state index is 0.0519. The van der Waals surface area contributed by atoms with E-state index in [1.54, 1.807) is 0 Å². The highest BCUT2D eigenvalue weighted by atomic mass is 16.2. The first-order valence-electron chi connectivity index (χ1n) is 4.82. The summed E-state index contributed by atoms with van der Waals surface area (Å²) < 4.78 is 0. The van der Waals surface area contributed by atoms with Gasteiger partial charge in [0.1, 0.15) is 0 Å². The average Bonchev–Trinajstić information content (AvgIpc) is 2.67. The largest absolute Gasteiger partial charge is 0.285 e. The van der Waals surface area contributed by atoms with E-state index in [1.807, 2.05) is 29.3 Å². The molecule has 1 fully saturated rings. The second kappa shape index (κ2) is 4.01. The van der Waals surface area contributed by atoms with Gasteiger partial charge in [-0.05, 0) is 17.7 Å². The summed E-state index contributed by atoms with van der Waals surface area (Å²) in [5.41, 5.74) is 4.70. The van der Waals surface area contributed by atoms with Crippen molar-refractivity contribution in [1.82, 2.24) is 5.43 Å². The molecule has 0 spiro atoms. The van der Waals surface area contributed by atoms with Crippen LogP contribution in [0.25, 0.3) is 0 Å². The normalized spacial score (nSPS) is 14.9. The molecule has 15 heavy (non-hydrogen) atoms. The van der Waals surface area contributed by atoms with E-state index in [9.17, 15) is 4.79 Å². The number of nitrogens with zero attached hydrogens (tertiary/aromatic N) is 2. The predicted octanol–water partition coefficient (Wildman–Crippen LogP) is 0.994. The molecule has 0 aliphatic carbocycles. The zero-order valence-corrected chi connectivity index (χ0v) is 8.23. The number of nitriles is 1. The third kappa shape index (κ3) is 2.08. The molecule has 0 unspecified atom stereocenters. The highest BCUT2D eigenvalue weighted by molar-refractivity contribution is 5.81. The van der Waals surface area contributed by atoms with E-state index in [4.69, 9.17) is 5.26 Å². The fourth-order valence-corrected chi connectivity index (χ4v) is 1.55. The lowest BCUT2D eigenvalue weighted by Gasteiger charge is -2.17. The lowest BCUT2D eigenvalue weighted by molar-refractivity contribution is -0.119. The molecule has 4 heteroatoms. The standard InChI is InChI=1S/C11H11N3O/c12-7-5-9-1-3-10(4-2-9)14-8-6-11(15)13-14/h1-4H,5-6,8H2,(H,13,15). The molecule has 1 aromatic rings. The van der Waals surface area contributed by atoms with E-state index in [-0.39, 0.29) is 5.91 Å². The number of rotatable bonds is 2. The van der Waals surface area contributed by atoms with Gasteiger partial charge in [-0.3, -0.25) is 15.2 Å². The maximum absolute atomic E-state index is 11.0. The minimum absolute atomic E-state index is 0.0519. The molecule has 1 aliphatic heterocycles. The van der Waals surface area contributed by atoms with E-state index in [1.165, 1.54) is 0 Å². The van der Waals surface area contributed by atoms with Gasteiger partial charge in [-0.25, -0.2) is 0 Å². The molecule has 2 rings (SSSR count). The minimum Gasteiger partial charge on any atom is -0.285 e. The van der Waals surface area contributed by atoms with Crippen LogP contribution in [-0.4, -0.2) is 12.5 Å². The van der Waals surface area contributed by atoms with Gasteiger partial charge >= 0.3 is 0 Å². The molecule has 0 bridgehead atoms. The van der Waals surface area contributed by atoms with Gasteiger partial charge in [0.25, 0.3) is 0 Å². The zero-order chi connectivity index (χ0) is 10.7. The molecule has 0 atom stereocenters. The van der Waals surface area contributed by atoms with Crippen LogP contribution >= 0.6 is 0 Å². The topological polar surface area (TPSA) is 56.1 Å². The van der Waals surface area contributed by atoms with Gasteiger partial charge < -0.3 is 0 Å². The SMILES string of the molecule is N#CCc1ccc(N2CCC(=O)N2)cc1. The monoisotopic (exact) mass is 201 g/mol. The number of amides is 1. The van der Waals surface area contributed by atoms with E-state index < -0.39 is 0 Å². The summed E-state index contributed by atoms with van der Waals surface area (Å²) in [5.74, 6) is 0.0519. The summed E-state index contributed by atoms with van der Waals surface area (Å²) in [5, 5.41) is 10.3. The first kappa shape index (κ1) is 9.53. The summed E-state index contributed by atoms with van der Waals surface area (Å²) in [6.07, 6.45) is 0.965. The molecule has 0 radical (unpaired) electrons. The van der Waals surface area contributed by atoms with Gasteiger partial charge in [-0.1, -0.05) is 12.1 Å². The molecular weight excluding hydrogens is 190 g/mol. The van der Waals surface area contributed by atoms with E-state index in [0.717, 1.165) is 11.3 Å². The molecular formula is C11H11N3O. The van der Waals surface area contributed by atoms with Gasteiger partial charge in [0.15, 0.2) is 0 Å². The fourth-order valence-electron chi connectivity index (χ4n) is 1.55. The first-order valence-corrected chi connectivity index (χ1v) is 4.82. The van der Waals surface area contributed by atoms with Gasteiger partial charge in [0.05, 0.1) is 18.2 Å². The van der Waals surface area contributed by atoms with E-state index in [0.29, 0.717) is 19.4 Å². The summed E-state index contributed by atoms with van der Waals surface area (Å²) in [4.78, 5) is 11.0. The van der Waals surface area contributed by atoms with Crippen molar-refractivity contribution in [1.29, 1.82) is 5.26 Å². The average molecular weight is 201 g/mol. The van der Waals surface area contributed by atoms with Gasteiger partial charge in [0, 0.05) is 13.0 Å². The summed E-state index contributed by atoms with van der Waals surface area (Å²) in [6.45, 7) is 0.705. The number of anilines is 1. The van der Waals surface area contributed by atoms with Crippen LogP contribution in [0.2, 0.25) is 0 Å². The predicted molar refractivity (Wildman–Crippen MR) is 55.9 cm³/mol. The second-order valence-electron chi connectivity index (χ2n) is 3.44. The van der Waals surface area contributed by atoms with Crippen LogP contribution in [0.1, 0.15) is 12.0 Å². The molecule has 1 saturated heterocycles. The number of benzene rings is 1. The third-order valence-corrected chi connectivity index (χ3v) is 2.35. The van der Waals surface area contributed by atoms with Crippen LogP contribution in [-0.2, 0) is 11.2 Å². The van der Waals surface area contributed by atoms with Crippen molar-refractivity contribution in [2.24, 2.45) is 0 Å². The van der Waals surface area contributed by atoms with Crippen LogP contribution in [0.4, 0.5) is 5.69 Å². The number of hydrazine groups is 1. The van der Waals surface area contributed by atoms with E-state index in [2.05, 4.69) is 11.5 Å². The smallest absolute Gasteiger partial charge is 0.240 e. The van der Waals surface area contributed by atoms with Crippen LogP contribution in [0, 0.1) is 11.3 Å². The molecule has 1 aliphatic rings. The number of carbonyl (C=O) groups excluding carboxylic acids is 1. The van der Waals surface area contributed by atoms with Crippen molar-refractivity contribution < 1.29 is 4.79 Å². The number of nitrogens with one attached hydrogen (secondary N) is 1. The Kier molecular flexibility index (Phi) is 2.55. The van der Waals surface area contributed by atoms with Crippen LogP contribution in [0.15, 0.2) is 24.3 Å². The summed E-state index contributed by atoms with van der Waals surface area (Å²) in [6, 6.07) is 9.74. The maximum Gasteiger partial charge on any atom is 0.240 e. The van der Waals surface area contributed by atoms with Crippen molar-refractivity contribution in [2.45, 2.75) is 12.8 Å². The Labute approximate surface area is 88.1 Å². The van der Waals surface area contributed by atoms with Crippen LogP contribution < -0.4 is 10.4 Å². The summed E-state index contributed by atoms with van der Waals surface area (Å²) >= 11 is 0. The Morgan fingerprint density at radius 2 is 2.13 bits per heavy atom. The number of carbonyl (C=O) groups is 1. The Hall–Kier alpha value is -2.02. The molecule has 1 amide bonds. The van der Waals surface area contributed by atoms with Gasteiger partial charge in [-0.15, -0.1) is 0 Å². The van der Waals surface area contributed by atoms with Crippen molar-refractivity contribution in [2.75, 3.05) is 11.6 Å². The lowest BCUT2D eigenvalue weighted by Crippen LogP contribution is -2.32. The Bertz CT molecular complexity index is 405. The van der Waals surface area contributed by atoms with Crippen LogP contribution in [0.3, 0.4) is 0 Å². The molecule has 4 nitrogen and oxygen atoms in total. The third-order valence-electron chi connectivity index (χ3n) is 2.35. The van der Waals surface area contributed by atoms with Gasteiger partial charge in [0.2, 0.25) is 5.91 Å². The lowest BCUT2D eigenvalue weighted by atomic mass is 10.1. The van der Waals surface area contributed by atoms with Crippen molar-refractivity contribution in [3.63, 3.8) is 0 Å². The summed E-state index contributed by atoms with van der Waals surface area (Å²) in [7, 11) is 0. The highest BCUT2D eigenvalue weighted by Crippen LogP contribution is 2.16. The Morgan fingerprint density at radius 1 is 1.40 bits per heavy atom. The molecule has 1 aromatic carbocycles. The quantitative estimate of drug-likeness (QED) is 0.776. The fraction of sp³-hybridized carbons (Fsp3) is 0.273. The molecule has 1 heterocycles. The van der Waals surface area contributed by atoms with Crippen LogP contribution in [0.5, 0.6) is 0 Å². The van der Waals surface area contributed by atoms with Crippen molar-refractivity contribution in [3.8, 4) is 6.07 Å². The van der Waals surface area contributed by atoms with Crippen molar-refractivity contribution >= 4 is 11.6 Å². The van der Waals surface area contributed by atoms with Gasteiger partial charge in [-0.2, -0.15) is 5.26 Å². The number of hydrogen-bond acceptors (Lipinski definition) is 3. The first-order chi connectivity index (χ1) is 7.29. The maximum atomic E-state index is 11.0. The van der Waals surface area contributed by atoms with Crippen molar-refractivity contribution in [3.05, 3.63) is 29.8 Å². The highest BCUT2D eigenvalue weighted by Gasteiger charge is 2.17.